The van der Waals surface area contributed by atoms with E-state index in [-0.39, 0.29) is 17.3 Å². The molecule has 0 amide bonds. The zero-order valence-corrected chi connectivity index (χ0v) is 22.0. The van der Waals surface area contributed by atoms with Crippen LogP contribution in [0.25, 0.3) is 28.4 Å². The Bertz CT molecular complexity index is 1620. The fourth-order valence-corrected chi connectivity index (χ4v) is 4.82. The first-order chi connectivity index (χ1) is 18.7. The van der Waals surface area contributed by atoms with Gasteiger partial charge < -0.3 is 14.4 Å². The highest BCUT2D eigenvalue weighted by atomic mass is 32.2. The molecule has 39 heavy (non-hydrogen) atoms. The van der Waals surface area contributed by atoms with Gasteiger partial charge in [-0.25, -0.2) is 22.2 Å². The number of anilines is 2. The highest BCUT2D eigenvalue weighted by Gasteiger charge is 2.26. The number of hydrogen-bond donors (Lipinski definition) is 0. The Morgan fingerprint density at radius 3 is 2.38 bits per heavy atom. The maximum absolute atomic E-state index is 14.2. The summed E-state index contributed by atoms with van der Waals surface area (Å²) in [7, 11) is -0.830. The SMILES string of the molecule is C=CS(=O)(=O)N(C)c1ccc(-c2nc(N3CCOCC3)nc(-n3c(C(F)F)nc4c(OC)cccc43)n2)cc1. The van der Waals surface area contributed by atoms with Gasteiger partial charge in [-0.15, -0.1) is 0 Å². The van der Waals surface area contributed by atoms with Gasteiger partial charge in [0.2, 0.25) is 11.9 Å². The highest BCUT2D eigenvalue weighted by molar-refractivity contribution is 7.95. The fraction of sp³-hybridized carbons (Fsp3) is 0.280. The number of para-hydroxylation sites is 1. The summed E-state index contributed by atoms with van der Waals surface area (Å²) >= 11 is 0. The monoisotopic (exact) mass is 557 g/mol. The van der Waals surface area contributed by atoms with Crippen LogP contribution in [0.1, 0.15) is 12.2 Å². The molecule has 1 fully saturated rings. The van der Waals surface area contributed by atoms with Crippen LogP contribution in [0.5, 0.6) is 5.75 Å². The molecule has 5 rings (SSSR count). The lowest BCUT2D eigenvalue weighted by atomic mass is 10.2. The number of alkyl halides is 2. The first-order valence-corrected chi connectivity index (χ1v) is 13.4. The van der Waals surface area contributed by atoms with E-state index < -0.39 is 22.3 Å². The van der Waals surface area contributed by atoms with Crippen LogP contribution in [0.4, 0.5) is 20.4 Å². The molecule has 2 aromatic carbocycles. The van der Waals surface area contributed by atoms with E-state index in [9.17, 15) is 17.2 Å². The van der Waals surface area contributed by atoms with Crippen molar-refractivity contribution in [3.8, 4) is 23.1 Å². The van der Waals surface area contributed by atoms with Gasteiger partial charge in [0.05, 0.1) is 31.5 Å². The second-order valence-corrected chi connectivity index (χ2v) is 10.4. The summed E-state index contributed by atoms with van der Waals surface area (Å²) in [4.78, 5) is 19.8. The second-order valence-electron chi connectivity index (χ2n) is 8.52. The predicted octanol–water partition coefficient (Wildman–Crippen LogP) is 3.57. The molecule has 1 saturated heterocycles. The molecule has 0 atom stereocenters. The van der Waals surface area contributed by atoms with Crippen molar-refractivity contribution < 1.29 is 26.7 Å². The topological polar surface area (TPSA) is 116 Å². The van der Waals surface area contributed by atoms with E-state index in [1.54, 1.807) is 42.5 Å². The van der Waals surface area contributed by atoms with Crippen molar-refractivity contribution in [1.82, 2.24) is 24.5 Å². The molecule has 204 valence electrons. The number of benzene rings is 2. The number of imidazole rings is 1. The first kappa shape index (κ1) is 26.4. The van der Waals surface area contributed by atoms with Crippen molar-refractivity contribution in [2.45, 2.75) is 6.43 Å². The summed E-state index contributed by atoms with van der Waals surface area (Å²) in [5.41, 5.74) is 1.53. The van der Waals surface area contributed by atoms with Gasteiger partial charge in [0.15, 0.2) is 11.6 Å². The number of morpholine rings is 1. The van der Waals surface area contributed by atoms with Gasteiger partial charge >= 0.3 is 0 Å². The number of hydrogen-bond acceptors (Lipinski definition) is 9. The minimum Gasteiger partial charge on any atom is -0.494 e. The molecular formula is C25H25F2N7O4S. The average molecular weight is 558 g/mol. The largest absolute Gasteiger partial charge is 0.494 e. The summed E-state index contributed by atoms with van der Waals surface area (Å²) in [6, 6.07) is 11.4. The van der Waals surface area contributed by atoms with Crippen molar-refractivity contribution in [3.05, 3.63) is 60.3 Å². The van der Waals surface area contributed by atoms with Crippen molar-refractivity contribution in [2.75, 3.05) is 49.7 Å². The molecule has 0 bridgehead atoms. The van der Waals surface area contributed by atoms with Gasteiger partial charge in [0.25, 0.3) is 16.4 Å². The average Bonchev–Trinajstić information content (AvgIpc) is 3.37. The highest BCUT2D eigenvalue weighted by Crippen LogP contribution is 2.33. The molecule has 1 aliphatic rings. The molecular weight excluding hydrogens is 532 g/mol. The molecule has 0 unspecified atom stereocenters. The van der Waals surface area contributed by atoms with Crippen LogP contribution in [-0.2, 0) is 14.8 Å². The number of ether oxygens (including phenoxy) is 2. The van der Waals surface area contributed by atoms with Crippen molar-refractivity contribution in [3.63, 3.8) is 0 Å². The van der Waals surface area contributed by atoms with Gasteiger partial charge in [-0.1, -0.05) is 12.6 Å². The van der Waals surface area contributed by atoms with Gasteiger partial charge in [-0.3, -0.25) is 8.87 Å². The van der Waals surface area contributed by atoms with E-state index >= 15 is 0 Å². The molecule has 11 nitrogen and oxygen atoms in total. The van der Waals surface area contributed by atoms with E-state index in [0.717, 1.165) is 9.71 Å². The van der Waals surface area contributed by atoms with Crippen LogP contribution in [-0.4, -0.2) is 73.4 Å². The number of halogens is 2. The minimum absolute atomic E-state index is 0.0389. The van der Waals surface area contributed by atoms with Crippen LogP contribution < -0.4 is 13.9 Å². The molecule has 0 N–H and O–H groups in total. The fourth-order valence-electron chi connectivity index (χ4n) is 4.18. The number of methoxy groups -OCH3 is 1. The molecule has 3 heterocycles. The zero-order chi connectivity index (χ0) is 27.7. The standard InChI is InChI=1S/C25H25F2N7O4S/c1-4-39(35,36)32(2)17-10-8-16(9-11-17)22-29-24(33-12-14-38-15-13-33)31-25(30-22)34-18-6-5-7-19(37-3)20(18)28-23(34)21(26)27/h4-11,21H,1,12-15H2,2-3H3. The third-order valence-electron chi connectivity index (χ3n) is 6.28. The molecule has 0 aliphatic carbocycles. The van der Waals surface area contributed by atoms with Gasteiger partial charge in [0, 0.05) is 31.1 Å². The molecule has 14 heteroatoms. The quantitative estimate of drug-likeness (QED) is 0.321. The lowest BCUT2D eigenvalue weighted by Crippen LogP contribution is -2.37. The van der Waals surface area contributed by atoms with Crippen LogP contribution in [0.15, 0.2) is 54.5 Å². The number of sulfonamides is 1. The lowest BCUT2D eigenvalue weighted by Gasteiger charge is -2.27. The number of fused-ring (bicyclic) bond motifs is 1. The molecule has 0 radical (unpaired) electrons. The number of nitrogens with zero attached hydrogens (tertiary/aromatic N) is 7. The third kappa shape index (κ3) is 5.00. The Hall–Kier alpha value is -4.17. The normalized spacial score (nSPS) is 14.1. The summed E-state index contributed by atoms with van der Waals surface area (Å²) in [5.74, 6) is 0.269. The molecule has 4 aromatic rings. The van der Waals surface area contributed by atoms with Gasteiger partial charge in [-0.05, 0) is 36.4 Å². The predicted molar refractivity (Wildman–Crippen MR) is 142 cm³/mol. The second kappa shape index (κ2) is 10.5. The number of aromatic nitrogens is 5. The smallest absolute Gasteiger partial charge is 0.296 e. The van der Waals surface area contributed by atoms with Crippen LogP contribution in [0, 0.1) is 0 Å². The Morgan fingerprint density at radius 2 is 1.74 bits per heavy atom. The molecule has 2 aromatic heterocycles. The Balaban J connectivity index is 1.68. The summed E-state index contributed by atoms with van der Waals surface area (Å²) in [5, 5.41) is 0.860. The van der Waals surface area contributed by atoms with Crippen molar-refractivity contribution in [2.24, 2.45) is 0 Å². The van der Waals surface area contributed by atoms with E-state index in [4.69, 9.17) is 9.47 Å². The maximum atomic E-state index is 14.2. The van der Waals surface area contributed by atoms with Crippen molar-refractivity contribution >= 4 is 32.7 Å². The molecule has 1 aliphatic heterocycles. The van der Waals surface area contributed by atoms with Crippen LogP contribution in [0.2, 0.25) is 0 Å². The van der Waals surface area contributed by atoms with Crippen LogP contribution in [0.3, 0.4) is 0 Å². The van der Waals surface area contributed by atoms with Crippen molar-refractivity contribution in [1.29, 1.82) is 0 Å². The first-order valence-electron chi connectivity index (χ1n) is 11.9. The Labute approximate surface area is 223 Å². The summed E-state index contributed by atoms with van der Waals surface area (Å²) in [6.45, 7) is 5.28. The van der Waals surface area contributed by atoms with Gasteiger partial charge in [-0.2, -0.15) is 15.0 Å². The Kier molecular flexibility index (Phi) is 7.14. The van der Waals surface area contributed by atoms with Crippen LogP contribution >= 0.6 is 0 Å². The summed E-state index contributed by atoms with van der Waals surface area (Å²) < 4.78 is 65.9. The minimum atomic E-state index is -3.68. The zero-order valence-electron chi connectivity index (χ0n) is 21.2. The Morgan fingerprint density at radius 1 is 1.05 bits per heavy atom. The van der Waals surface area contributed by atoms with Gasteiger partial charge in [0.1, 0.15) is 11.3 Å². The van der Waals surface area contributed by atoms with E-state index in [1.165, 1.54) is 18.7 Å². The number of rotatable bonds is 8. The van der Waals surface area contributed by atoms with E-state index in [0.29, 0.717) is 54.8 Å². The molecule has 0 saturated carbocycles. The third-order valence-corrected chi connectivity index (χ3v) is 7.67. The summed E-state index contributed by atoms with van der Waals surface area (Å²) in [6.07, 6.45) is -2.92. The lowest BCUT2D eigenvalue weighted by molar-refractivity contribution is 0.122. The molecule has 0 spiro atoms. The maximum Gasteiger partial charge on any atom is 0.296 e. The van der Waals surface area contributed by atoms with E-state index in [1.807, 2.05) is 4.90 Å². The van der Waals surface area contributed by atoms with E-state index in [2.05, 4.69) is 26.5 Å².